The van der Waals surface area contributed by atoms with Crippen molar-refractivity contribution in [3.63, 3.8) is 0 Å². The molecule has 0 aromatic carbocycles. The first-order valence-corrected chi connectivity index (χ1v) is 8.71. The first-order valence-electron chi connectivity index (χ1n) is 7.55. The Morgan fingerprint density at radius 1 is 1.30 bits per heavy atom. The fourth-order valence-corrected chi connectivity index (χ4v) is 4.71. The SMILES string of the molecule is C[C@@H](NC(=O)CSC[C@@H]1C[C@H]2CC[C@H]1C2)C(=O)N(C)C. The van der Waals surface area contributed by atoms with Crippen molar-refractivity contribution in [2.24, 2.45) is 17.8 Å². The number of carbonyl (C=O) groups is 2. The van der Waals surface area contributed by atoms with E-state index in [0.29, 0.717) is 5.75 Å². The van der Waals surface area contributed by atoms with Crippen LogP contribution in [0.1, 0.15) is 32.6 Å². The summed E-state index contributed by atoms with van der Waals surface area (Å²) in [6, 6.07) is -0.430. The topological polar surface area (TPSA) is 49.4 Å². The van der Waals surface area contributed by atoms with Crippen LogP contribution in [0.4, 0.5) is 0 Å². The number of hydrogen-bond donors (Lipinski definition) is 1. The van der Waals surface area contributed by atoms with Crippen LogP contribution in [0.5, 0.6) is 0 Å². The lowest BCUT2D eigenvalue weighted by molar-refractivity contribution is -0.133. The molecule has 0 aromatic rings. The van der Waals surface area contributed by atoms with Crippen LogP contribution in [-0.2, 0) is 9.59 Å². The molecular weight excluding hydrogens is 272 g/mol. The molecule has 5 heteroatoms. The Hall–Kier alpha value is -0.710. The van der Waals surface area contributed by atoms with Gasteiger partial charge in [0.15, 0.2) is 0 Å². The number of hydrogen-bond acceptors (Lipinski definition) is 3. The minimum absolute atomic E-state index is 0.0270. The van der Waals surface area contributed by atoms with Gasteiger partial charge in [0.2, 0.25) is 11.8 Å². The van der Waals surface area contributed by atoms with Gasteiger partial charge in [0.05, 0.1) is 5.75 Å². The zero-order chi connectivity index (χ0) is 14.7. The normalized spacial score (nSPS) is 29.2. The number of nitrogens with one attached hydrogen (secondary N) is 1. The van der Waals surface area contributed by atoms with Crippen LogP contribution in [-0.4, -0.2) is 48.4 Å². The van der Waals surface area contributed by atoms with Gasteiger partial charge in [-0.05, 0) is 49.7 Å². The zero-order valence-corrected chi connectivity index (χ0v) is 13.5. The van der Waals surface area contributed by atoms with E-state index in [2.05, 4.69) is 5.32 Å². The Morgan fingerprint density at radius 3 is 2.60 bits per heavy atom. The van der Waals surface area contributed by atoms with Crippen molar-refractivity contribution in [3.05, 3.63) is 0 Å². The highest BCUT2D eigenvalue weighted by Gasteiger charge is 2.39. The van der Waals surface area contributed by atoms with Gasteiger partial charge in [-0.25, -0.2) is 0 Å². The smallest absolute Gasteiger partial charge is 0.244 e. The molecule has 1 N–H and O–H groups in total. The van der Waals surface area contributed by atoms with E-state index in [1.165, 1.54) is 30.6 Å². The van der Waals surface area contributed by atoms with Crippen molar-refractivity contribution in [2.45, 2.75) is 38.6 Å². The van der Waals surface area contributed by atoms with Crippen LogP contribution in [0.25, 0.3) is 0 Å². The van der Waals surface area contributed by atoms with Crippen LogP contribution in [0.15, 0.2) is 0 Å². The van der Waals surface area contributed by atoms with Gasteiger partial charge in [-0.2, -0.15) is 11.8 Å². The van der Waals surface area contributed by atoms with E-state index in [-0.39, 0.29) is 11.8 Å². The van der Waals surface area contributed by atoms with Gasteiger partial charge in [-0.3, -0.25) is 9.59 Å². The monoisotopic (exact) mass is 298 g/mol. The summed E-state index contributed by atoms with van der Waals surface area (Å²) in [4.78, 5) is 25.0. The number of carbonyl (C=O) groups excluding carboxylic acids is 2. The molecule has 2 fully saturated rings. The number of thioether (sulfide) groups is 1. The maximum atomic E-state index is 11.8. The number of amides is 2. The number of likely N-dealkylation sites (N-methyl/N-ethyl adjacent to an activating group) is 1. The second kappa shape index (κ2) is 6.83. The number of fused-ring (bicyclic) bond motifs is 2. The van der Waals surface area contributed by atoms with E-state index in [1.807, 2.05) is 0 Å². The van der Waals surface area contributed by atoms with Crippen LogP contribution in [0.3, 0.4) is 0 Å². The van der Waals surface area contributed by atoms with E-state index in [9.17, 15) is 9.59 Å². The second-order valence-electron chi connectivity index (χ2n) is 6.47. The van der Waals surface area contributed by atoms with Crippen LogP contribution in [0, 0.1) is 17.8 Å². The minimum Gasteiger partial charge on any atom is -0.347 e. The van der Waals surface area contributed by atoms with Crippen molar-refractivity contribution < 1.29 is 9.59 Å². The molecule has 2 saturated carbocycles. The summed E-state index contributed by atoms with van der Waals surface area (Å²) >= 11 is 1.72. The van der Waals surface area contributed by atoms with Crippen molar-refractivity contribution in [1.29, 1.82) is 0 Å². The molecular formula is C15H26N2O2S. The third kappa shape index (κ3) is 3.90. The molecule has 2 bridgehead atoms. The maximum Gasteiger partial charge on any atom is 0.244 e. The molecule has 114 valence electrons. The highest BCUT2D eigenvalue weighted by atomic mass is 32.2. The Balaban J connectivity index is 1.62. The molecule has 4 atom stereocenters. The first kappa shape index (κ1) is 15.7. The summed E-state index contributed by atoms with van der Waals surface area (Å²) in [6.45, 7) is 1.74. The molecule has 0 radical (unpaired) electrons. The molecule has 2 aliphatic carbocycles. The van der Waals surface area contributed by atoms with Gasteiger partial charge in [0.1, 0.15) is 6.04 Å². The largest absolute Gasteiger partial charge is 0.347 e. The van der Waals surface area contributed by atoms with Crippen molar-refractivity contribution in [2.75, 3.05) is 25.6 Å². The number of rotatable bonds is 6. The quantitative estimate of drug-likeness (QED) is 0.813. The zero-order valence-electron chi connectivity index (χ0n) is 12.7. The van der Waals surface area contributed by atoms with Crippen molar-refractivity contribution in [1.82, 2.24) is 10.2 Å². The van der Waals surface area contributed by atoms with Gasteiger partial charge in [0.25, 0.3) is 0 Å². The van der Waals surface area contributed by atoms with Gasteiger partial charge < -0.3 is 10.2 Å². The van der Waals surface area contributed by atoms with E-state index < -0.39 is 6.04 Å². The van der Waals surface area contributed by atoms with Crippen LogP contribution in [0.2, 0.25) is 0 Å². The molecule has 0 aliphatic heterocycles. The first-order chi connectivity index (χ1) is 9.47. The summed E-state index contributed by atoms with van der Waals surface area (Å²) in [5.74, 6) is 4.20. The third-order valence-corrected chi connectivity index (χ3v) is 5.77. The van der Waals surface area contributed by atoms with Crippen molar-refractivity contribution in [3.8, 4) is 0 Å². The average molecular weight is 298 g/mol. The molecule has 0 saturated heterocycles. The lowest BCUT2D eigenvalue weighted by Crippen LogP contribution is -2.44. The maximum absolute atomic E-state index is 11.8. The van der Waals surface area contributed by atoms with Gasteiger partial charge in [-0.1, -0.05) is 6.42 Å². The fraction of sp³-hybridized carbons (Fsp3) is 0.867. The molecule has 0 aromatic heterocycles. The number of nitrogens with zero attached hydrogens (tertiary/aromatic N) is 1. The summed E-state index contributed by atoms with van der Waals surface area (Å²) < 4.78 is 0. The van der Waals surface area contributed by atoms with Gasteiger partial charge in [0, 0.05) is 14.1 Å². The molecule has 4 nitrogen and oxygen atoms in total. The predicted octanol–water partition coefficient (Wildman–Crippen LogP) is 1.75. The van der Waals surface area contributed by atoms with Crippen LogP contribution < -0.4 is 5.32 Å². The molecule has 2 rings (SSSR count). The van der Waals surface area contributed by atoms with Crippen molar-refractivity contribution >= 4 is 23.6 Å². The Bertz CT molecular complexity index is 373. The fourth-order valence-electron chi connectivity index (χ4n) is 3.62. The van der Waals surface area contributed by atoms with Gasteiger partial charge >= 0.3 is 0 Å². The molecule has 0 spiro atoms. The highest BCUT2D eigenvalue weighted by molar-refractivity contribution is 7.99. The van der Waals surface area contributed by atoms with E-state index in [1.54, 1.807) is 32.8 Å². The minimum atomic E-state index is -0.430. The molecule has 0 heterocycles. The summed E-state index contributed by atoms with van der Waals surface area (Å²) in [5, 5.41) is 2.77. The van der Waals surface area contributed by atoms with E-state index >= 15 is 0 Å². The lowest BCUT2D eigenvalue weighted by atomic mass is 9.90. The third-order valence-electron chi connectivity index (χ3n) is 4.64. The standard InChI is InChI=1S/C15H26N2O2S/c1-10(15(19)17(2)3)16-14(18)9-20-8-13-7-11-4-5-12(13)6-11/h10-13H,4-9H2,1-3H3,(H,16,18)/t10-,11+,12+,13+/m1/s1. The van der Waals surface area contributed by atoms with Gasteiger partial charge in [-0.15, -0.1) is 0 Å². The molecule has 2 aliphatic rings. The van der Waals surface area contributed by atoms with E-state index in [0.717, 1.165) is 23.5 Å². The molecule has 0 unspecified atom stereocenters. The average Bonchev–Trinajstić information content (AvgIpc) is 2.99. The Labute approximate surface area is 126 Å². The molecule has 2 amide bonds. The van der Waals surface area contributed by atoms with E-state index in [4.69, 9.17) is 0 Å². The highest BCUT2D eigenvalue weighted by Crippen LogP contribution is 2.49. The summed E-state index contributed by atoms with van der Waals surface area (Å²) in [6.07, 6.45) is 5.62. The Kier molecular flexibility index (Phi) is 5.35. The predicted molar refractivity (Wildman–Crippen MR) is 82.6 cm³/mol. The summed E-state index contributed by atoms with van der Waals surface area (Å²) in [7, 11) is 3.41. The second-order valence-corrected chi connectivity index (χ2v) is 7.50. The Morgan fingerprint density at radius 2 is 2.05 bits per heavy atom. The molecule has 20 heavy (non-hydrogen) atoms. The lowest BCUT2D eigenvalue weighted by Gasteiger charge is -2.21. The van der Waals surface area contributed by atoms with Crippen LogP contribution >= 0.6 is 11.8 Å². The summed E-state index contributed by atoms with van der Waals surface area (Å²) in [5.41, 5.74) is 0.